The van der Waals surface area contributed by atoms with Gasteiger partial charge in [-0.05, 0) is 23.8 Å². The third-order valence-electron chi connectivity index (χ3n) is 3.85. The van der Waals surface area contributed by atoms with Crippen molar-refractivity contribution in [3.63, 3.8) is 0 Å². The van der Waals surface area contributed by atoms with Gasteiger partial charge in [-0.15, -0.1) is 0 Å². The molecule has 2 aromatic rings. The first-order valence-electron chi connectivity index (χ1n) is 7.39. The molecule has 3 rings (SSSR count). The highest BCUT2D eigenvalue weighted by Gasteiger charge is 2.39. The zero-order valence-electron chi connectivity index (χ0n) is 12.7. The van der Waals surface area contributed by atoms with E-state index in [1.807, 2.05) is 6.07 Å². The van der Waals surface area contributed by atoms with Crippen molar-refractivity contribution >= 4 is 15.9 Å². The van der Waals surface area contributed by atoms with Crippen molar-refractivity contribution < 1.29 is 13.2 Å². The van der Waals surface area contributed by atoms with Gasteiger partial charge in [0, 0.05) is 13.1 Å². The second kappa shape index (κ2) is 6.43. The Hall–Kier alpha value is -2.69. The highest BCUT2D eigenvalue weighted by Crippen LogP contribution is 2.29. The van der Waals surface area contributed by atoms with E-state index in [1.54, 1.807) is 30.3 Å². The van der Waals surface area contributed by atoms with E-state index in [-0.39, 0.29) is 29.5 Å². The number of piperazine rings is 1. The van der Waals surface area contributed by atoms with Crippen LogP contribution in [0.15, 0.2) is 59.5 Å². The van der Waals surface area contributed by atoms with Gasteiger partial charge in [0.1, 0.15) is 6.04 Å². The Bertz CT molecular complexity index is 904. The van der Waals surface area contributed by atoms with Crippen molar-refractivity contribution in [1.29, 1.82) is 5.26 Å². The van der Waals surface area contributed by atoms with Crippen LogP contribution in [0.25, 0.3) is 0 Å². The van der Waals surface area contributed by atoms with Gasteiger partial charge >= 0.3 is 0 Å². The molecule has 0 aliphatic carbocycles. The maximum atomic E-state index is 13.0. The molecule has 0 unspecified atom stereocenters. The number of carbonyl (C=O) groups excluding carboxylic acids is 1. The Balaban J connectivity index is 2.07. The molecule has 24 heavy (non-hydrogen) atoms. The van der Waals surface area contributed by atoms with E-state index in [0.717, 1.165) is 0 Å². The number of hydrogen-bond donors (Lipinski definition) is 1. The summed E-state index contributed by atoms with van der Waals surface area (Å²) < 4.78 is 27.2. The maximum Gasteiger partial charge on any atom is 0.244 e. The number of nitrogens with one attached hydrogen (secondary N) is 1. The number of benzene rings is 2. The smallest absolute Gasteiger partial charge is 0.244 e. The van der Waals surface area contributed by atoms with Gasteiger partial charge in [0.15, 0.2) is 0 Å². The van der Waals surface area contributed by atoms with E-state index >= 15 is 0 Å². The third-order valence-corrected chi connectivity index (χ3v) is 5.71. The number of nitriles is 1. The van der Waals surface area contributed by atoms with Crippen LogP contribution in [-0.2, 0) is 14.8 Å². The lowest BCUT2D eigenvalue weighted by Gasteiger charge is -2.34. The van der Waals surface area contributed by atoms with E-state index < -0.39 is 16.1 Å². The van der Waals surface area contributed by atoms with Crippen molar-refractivity contribution in [2.75, 3.05) is 13.1 Å². The average Bonchev–Trinajstić information content (AvgIpc) is 2.62. The standard InChI is InChI=1S/C17H15N3O3S/c18-12-13-5-4-8-15(11-13)24(22,23)20-10-9-19-17(21)16(20)14-6-2-1-3-7-14/h1-8,11,16H,9-10H2,(H,19,21)/t16-/m0/s1. The molecule has 1 amide bonds. The van der Waals surface area contributed by atoms with Crippen LogP contribution in [-0.4, -0.2) is 31.7 Å². The highest BCUT2D eigenvalue weighted by atomic mass is 32.2. The first kappa shape index (κ1) is 16.2. The quantitative estimate of drug-likeness (QED) is 0.914. The molecule has 0 aromatic heterocycles. The molecule has 6 nitrogen and oxygen atoms in total. The van der Waals surface area contributed by atoms with Gasteiger partial charge in [0.05, 0.1) is 16.5 Å². The minimum absolute atomic E-state index is 0.0113. The zero-order valence-corrected chi connectivity index (χ0v) is 13.5. The molecule has 0 spiro atoms. The molecule has 1 aliphatic heterocycles. The molecular formula is C17H15N3O3S. The van der Waals surface area contributed by atoms with Crippen LogP contribution in [0.2, 0.25) is 0 Å². The van der Waals surface area contributed by atoms with Crippen LogP contribution in [0.3, 0.4) is 0 Å². The lowest BCUT2D eigenvalue weighted by atomic mass is 10.1. The largest absolute Gasteiger partial charge is 0.353 e. The summed E-state index contributed by atoms with van der Waals surface area (Å²) in [5.41, 5.74) is 0.864. The minimum atomic E-state index is -3.90. The van der Waals surface area contributed by atoms with E-state index in [4.69, 9.17) is 5.26 Å². The summed E-state index contributed by atoms with van der Waals surface area (Å²) in [5, 5.41) is 11.7. The fraction of sp³-hybridized carbons (Fsp3) is 0.176. The molecule has 1 fully saturated rings. The van der Waals surface area contributed by atoms with Crippen molar-refractivity contribution in [3.8, 4) is 6.07 Å². The number of sulfonamides is 1. The Morgan fingerprint density at radius 1 is 1.12 bits per heavy atom. The third kappa shape index (κ3) is 2.89. The zero-order chi connectivity index (χ0) is 17.2. The fourth-order valence-electron chi connectivity index (χ4n) is 2.72. The molecule has 0 bridgehead atoms. The predicted octanol–water partition coefficient (Wildman–Crippen LogP) is 1.42. The first-order chi connectivity index (χ1) is 11.5. The van der Waals surface area contributed by atoms with Gasteiger partial charge in [-0.25, -0.2) is 8.42 Å². The van der Waals surface area contributed by atoms with Gasteiger partial charge in [-0.1, -0.05) is 36.4 Å². The topological polar surface area (TPSA) is 90.3 Å². The Kier molecular flexibility index (Phi) is 4.34. The second-order valence-electron chi connectivity index (χ2n) is 5.36. The van der Waals surface area contributed by atoms with Crippen molar-refractivity contribution in [2.45, 2.75) is 10.9 Å². The second-order valence-corrected chi connectivity index (χ2v) is 7.25. The van der Waals surface area contributed by atoms with Crippen LogP contribution in [0.1, 0.15) is 17.2 Å². The van der Waals surface area contributed by atoms with Crippen molar-refractivity contribution in [1.82, 2.24) is 9.62 Å². The van der Waals surface area contributed by atoms with Gasteiger partial charge in [-0.3, -0.25) is 4.79 Å². The summed E-state index contributed by atoms with van der Waals surface area (Å²) in [7, 11) is -3.90. The number of amides is 1. The number of carbonyl (C=O) groups is 1. The first-order valence-corrected chi connectivity index (χ1v) is 8.83. The molecule has 1 heterocycles. The van der Waals surface area contributed by atoms with E-state index in [1.165, 1.54) is 28.6 Å². The summed E-state index contributed by atoms with van der Waals surface area (Å²) in [6.07, 6.45) is 0. The summed E-state index contributed by atoms with van der Waals surface area (Å²) in [6, 6.07) is 15.6. The molecule has 2 aromatic carbocycles. The molecule has 0 radical (unpaired) electrons. The lowest BCUT2D eigenvalue weighted by Crippen LogP contribution is -2.52. The van der Waals surface area contributed by atoms with Crippen LogP contribution in [0.5, 0.6) is 0 Å². The van der Waals surface area contributed by atoms with Gasteiger partial charge in [0.2, 0.25) is 15.9 Å². The molecule has 1 saturated heterocycles. The van der Waals surface area contributed by atoms with Gasteiger partial charge in [-0.2, -0.15) is 9.57 Å². The average molecular weight is 341 g/mol. The number of hydrogen-bond acceptors (Lipinski definition) is 4. The minimum Gasteiger partial charge on any atom is -0.353 e. The number of nitrogens with zero attached hydrogens (tertiary/aromatic N) is 2. The SMILES string of the molecule is N#Cc1cccc(S(=O)(=O)N2CCNC(=O)[C@@H]2c2ccccc2)c1. The lowest BCUT2D eigenvalue weighted by molar-refractivity contribution is -0.126. The van der Waals surface area contributed by atoms with Crippen molar-refractivity contribution in [3.05, 3.63) is 65.7 Å². The van der Waals surface area contributed by atoms with E-state index in [2.05, 4.69) is 5.32 Å². The normalized spacial score (nSPS) is 18.6. The Morgan fingerprint density at radius 2 is 1.88 bits per heavy atom. The van der Waals surface area contributed by atoms with Crippen LogP contribution >= 0.6 is 0 Å². The molecule has 1 aliphatic rings. The summed E-state index contributed by atoms with van der Waals surface area (Å²) in [5.74, 6) is -0.354. The summed E-state index contributed by atoms with van der Waals surface area (Å²) in [6.45, 7) is 0.420. The van der Waals surface area contributed by atoms with E-state index in [9.17, 15) is 13.2 Å². The maximum absolute atomic E-state index is 13.0. The molecular weight excluding hydrogens is 326 g/mol. The van der Waals surface area contributed by atoms with Gasteiger partial charge < -0.3 is 5.32 Å². The van der Waals surface area contributed by atoms with Crippen LogP contribution in [0.4, 0.5) is 0 Å². The van der Waals surface area contributed by atoms with E-state index in [0.29, 0.717) is 5.56 Å². The Labute approximate surface area is 140 Å². The molecule has 7 heteroatoms. The van der Waals surface area contributed by atoms with Crippen molar-refractivity contribution in [2.24, 2.45) is 0 Å². The van der Waals surface area contributed by atoms with Crippen LogP contribution in [0, 0.1) is 11.3 Å². The fourth-order valence-corrected chi connectivity index (χ4v) is 4.34. The predicted molar refractivity (Wildman–Crippen MR) is 87.2 cm³/mol. The number of rotatable bonds is 3. The monoisotopic (exact) mass is 341 g/mol. The highest BCUT2D eigenvalue weighted by molar-refractivity contribution is 7.89. The Morgan fingerprint density at radius 3 is 2.58 bits per heavy atom. The summed E-state index contributed by atoms with van der Waals surface area (Å²) >= 11 is 0. The molecule has 122 valence electrons. The summed E-state index contributed by atoms with van der Waals surface area (Å²) in [4.78, 5) is 12.3. The molecule has 1 N–H and O–H groups in total. The molecule has 0 saturated carbocycles. The molecule has 1 atom stereocenters. The van der Waals surface area contributed by atoms with Crippen LogP contribution < -0.4 is 5.32 Å². The van der Waals surface area contributed by atoms with Gasteiger partial charge in [0.25, 0.3) is 0 Å².